The molecule has 1 aliphatic rings. The van der Waals surface area contributed by atoms with E-state index in [-0.39, 0.29) is 11.5 Å². The molecule has 0 N–H and O–H groups in total. The summed E-state index contributed by atoms with van der Waals surface area (Å²) in [6, 6.07) is 0. The molecule has 7 heteroatoms. The Morgan fingerprint density at radius 3 is 2.53 bits per heavy atom. The third-order valence-electron chi connectivity index (χ3n) is 2.13. The molecule has 0 radical (unpaired) electrons. The van der Waals surface area contributed by atoms with Gasteiger partial charge in [-0.15, -0.1) is 0 Å². The minimum Gasteiger partial charge on any atom is -0.493 e. The van der Waals surface area contributed by atoms with Gasteiger partial charge in [-0.2, -0.15) is 0 Å². The minimum absolute atomic E-state index is 0.00407. The zero-order valence-electron chi connectivity index (χ0n) is 9.69. The van der Waals surface area contributed by atoms with Gasteiger partial charge in [-0.1, -0.05) is 15.9 Å². The van der Waals surface area contributed by atoms with Crippen LogP contribution in [0.2, 0.25) is 0 Å². The second kappa shape index (κ2) is 5.90. The summed E-state index contributed by atoms with van der Waals surface area (Å²) in [7, 11) is 2.73. The molecular weight excluding hydrogens is 296 g/mol. The molecule has 17 heavy (non-hydrogen) atoms. The van der Waals surface area contributed by atoms with Crippen LogP contribution in [0, 0.1) is 0 Å². The Morgan fingerprint density at radius 1 is 1.47 bits per heavy atom. The predicted octanol–water partition coefficient (Wildman–Crippen LogP) is 0.743. The molecule has 0 saturated heterocycles. The summed E-state index contributed by atoms with van der Waals surface area (Å²) in [5, 5.41) is 0.314. The predicted molar refractivity (Wildman–Crippen MR) is 60.3 cm³/mol. The van der Waals surface area contributed by atoms with Crippen LogP contribution in [0.1, 0.15) is 6.92 Å². The lowest BCUT2D eigenvalue weighted by molar-refractivity contribution is -0.159. The molecule has 0 saturated carbocycles. The summed E-state index contributed by atoms with van der Waals surface area (Å²) in [6.07, 6.45) is -1.44. The molecule has 2 atom stereocenters. The summed E-state index contributed by atoms with van der Waals surface area (Å²) in [6.45, 7) is 1.28. The number of esters is 2. The van der Waals surface area contributed by atoms with E-state index in [0.717, 1.165) is 0 Å². The molecule has 0 aromatic rings. The van der Waals surface area contributed by atoms with E-state index in [1.807, 2.05) is 0 Å². The van der Waals surface area contributed by atoms with Crippen LogP contribution in [0.4, 0.5) is 0 Å². The molecule has 1 heterocycles. The van der Waals surface area contributed by atoms with Crippen molar-refractivity contribution >= 4 is 27.9 Å². The fourth-order valence-electron chi connectivity index (χ4n) is 1.48. The number of hydrogen-bond acceptors (Lipinski definition) is 6. The quantitative estimate of drug-likeness (QED) is 0.551. The van der Waals surface area contributed by atoms with Crippen molar-refractivity contribution in [2.75, 3.05) is 19.5 Å². The van der Waals surface area contributed by atoms with Crippen LogP contribution in [0.15, 0.2) is 11.5 Å². The molecule has 1 aliphatic heterocycles. The summed E-state index contributed by atoms with van der Waals surface area (Å²) < 4.78 is 20.0. The molecule has 0 aliphatic carbocycles. The Bertz CT molecular complexity index is 351. The van der Waals surface area contributed by atoms with Crippen molar-refractivity contribution in [3.05, 3.63) is 11.5 Å². The van der Waals surface area contributed by atoms with Gasteiger partial charge in [0, 0.05) is 12.3 Å². The number of alkyl halides is 1. The first-order valence-electron chi connectivity index (χ1n) is 4.81. The molecule has 0 aromatic heterocycles. The Hall–Kier alpha value is -1.24. The van der Waals surface area contributed by atoms with Crippen LogP contribution >= 0.6 is 15.9 Å². The standard InChI is InChI=1S/C10H13BrO6/c1-5(12)16-6(4-11)7-8(14-2)9(15-3)10(13)17-7/h6-7H,4H2,1-3H3/t6-,7-/m0/s1. The lowest BCUT2D eigenvalue weighted by atomic mass is 10.2. The number of carbonyl (C=O) groups excluding carboxylic acids is 2. The zero-order chi connectivity index (χ0) is 13.0. The number of cyclic esters (lactones) is 1. The summed E-state index contributed by atoms with van der Waals surface area (Å²) in [4.78, 5) is 22.4. The van der Waals surface area contributed by atoms with Gasteiger partial charge in [0.2, 0.25) is 11.9 Å². The number of carbonyl (C=O) groups is 2. The van der Waals surface area contributed by atoms with E-state index < -0.39 is 24.1 Å². The monoisotopic (exact) mass is 308 g/mol. The van der Waals surface area contributed by atoms with E-state index in [2.05, 4.69) is 15.9 Å². The lowest BCUT2D eigenvalue weighted by Crippen LogP contribution is -2.34. The highest BCUT2D eigenvalue weighted by Crippen LogP contribution is 2.28. The van der Waals surface area contributed by atoms with Gasteiger partial charge in [0.1, 0.15) is 0 Å². The van der Waals surface area contributed by atoms with Gasteiger partial charge in [0.15, 0.2) is 11.9 Å². The van der Waals surface area contributed by atoms with Crippen LogP contribution < -0.4 is 0 Å². The van der Waals surface area contributed by atoms with Gasteiger partial charge in [-0.05, 0) is 0 Å². The number of hydrogen-bond donors (Lipinski definition) is 0. The largest absolute Gasteiger partial charge is 0.493 e. The zero-order valence-corrected chi connectivity index (χ0v) is 11.3. The number of halogens is 1. The van der Waals surface area contributed by atoms with Crippen LogP contribution in [0.5, 0.6) is 0 Å². The molecule has 6 nitrogen and oxygen atoms in total. The Labute approximate surface area is 107 Å². The number of rotatable bonds is 5. The average molecular weight is 309 g/mol. The smallest absolute Gasteiger partial charge is 0.378 e. The Morgan fingerprint density at radius 2 is 2.12 bits per heavy atom. The number of ether oxygens (including phenoxy) is 4. The normalized spacial score (nSPS) is 20.9. The third kappa shape index (κ3) is 2.91. The van der Waals surface area contributed by atoms with Gasteiger partial charge >= 0.3 is 11.9 Å². The van der Waals surface area contributed by atoms with Crippen molar-refractivity contribution in [2.45, 2.75) is 19.1 Å². The summed E-state index contributed by atoms with van der Waals surface area (Å²) in [5.74, 6) is -0.877. The molecule has 0 spiro atoms. The fraction of sp³-hybridized carbons (Fsp3) is 0.600. The van der Waals surface area contributed by atoms with E-state index in [4.69, 9.17) is 18.9 Å². The molecule has 0 unspecified atom stereocenters. The first-order valence-corrected chi connectivity index (χ1v) is 5.93. The van der Waals surface area contributed by atoms with Gasteiger partial charge in [0.05, 0.1) is 14.2 Å². The molecule has 0 fully saturated rings. The molecule has 1 rings (SSSR count). The Balaban J connectivity index is 2.94. The SMILES string of the molecule is COC1=C(OC)[C@H]([C@H](CBr)OC(C)=O)OC1=O. The highest BCUT2D eigenvalue weighted by atomic mass is 79.9. The number of methoxy groups -OCH3 is 2. The molecular formula is C10H13BrO6. The minimum atomic E-state index is -0.786. The van der Waals surface area contributed by atoms with Gasteiger partial charge in [-0.3, -0.25) is 4.79 Å². The van der Waals surface area contributed by atoms with Crippen molar-refractivity contribution in [1.82, 2.24) is 0 Å². The second-order valence-corrected chi connectivity index (χ2v) is 3.88. The Kier molecular flexibility index (Phi) is 4.80. The average Bonchev–Trinajstić information content (AvgIpc) is 2.61. The maximum absolute atomic E-state index is 11.5. The van der Waals surface area contributed by atoms with E-state index >= 15 is 0 Å². The highest BCUT2D eigenvalue weighted by molar-refractivity contribution is 9.09. The van der Waals surface area contributed by atoms with Gasteiger partial charge < -0.3 is 18.9 Å². The maximum atomic E-state index is 11.5. The van der Waals surface area contributed by atoms with E-state index in [9.17, 15) is 9.59 Å². The first kappa shape index (κ1) is 13.8. The summed E-state index contributed by atoms with van der Waals surface area (Å²) >= 11 is 3.19. The third-order valence-corrected chi connectivity index (χ3v) is 2.77. The van der Waals surface area contributed by atoms with Gasteiger partial charge in [0.25, 0.3) is 0 Å². The van der Waals surface area contributed by atoms with Crippen molar-refractivity contribution in [3.63, 3.8) is 0 Å². The van der Waals surface area contributed by atoms with Crippen molar-refractivity contribution in [3.8, 4) is 0 Å². The van der Waals surface area contributed by atoms with Crippen molar-refractivity contribution < 1.29 is 28.5 Å². The first-order chi connectivity index (χ1) is 8.04. The van der Waals surface area contributed by atoms with Crippen LogP contribution in [-0.2, 0) is 28.5 Å². The molecule has 0 bridgehead atoms. The van der Waals surface area contributed by atoms with E-state index in [0.29, 0.717) is 5.33 Å². The van der Waals surface area contributed by atoms with Crippen LogP contribution in [0.3, 0.4) is 0 Å². The van der Waals surface area contributed by atoms with Crippen molar-refractivity contribution in [1.29, 1.82) is 0 Å². The molecule has 96 valence electrons. The van der Waals surface area contributed by atoms with Crippen LogP contribution in [0.25, 0.3) is 0 Å². The van der Waals surface area contributed by atoms with E-state index in [1.165, 1.54) is 21.1 Å². The summed E-state index contributed by atoms with van der Waals surface area (Å²) in [5.41, 5.74) is 0. The fourth-order valence-corrected chi connectivity index (χ4v) is 1.95. The highest BCUT2D eigenvalue weighted by Gasteiger charge is 2.42. The van der Waals surface area contributed by atoms with Crippen molar-refractivity contribution in [2.24, 2.45) is 0 Å². The second-order valence-electron chi connectivity index (χ2n) is 3.23. The lowest BCUT2D eigenvalue weighted by Gasteiger charge is -2.21. The van der Waals surface area contributed by atoms with Gasteiger partial charge in [-0.25, -0.2) is 4.79 Å². The maximum Gasteiger partial charge on any atom is 0.378 e. The van der Waals surface area contributed by atoms with E-state index in [1.54, 1.807) is 0 Å². The molecule has 0 aromatic carbocycles. The van der Waals surface area contributed by atoms with Crippen LogP contribution in [-0.4, -0.2) is 43.7 Å². The topological polar surface area (TPSA) is 71.1 Å². The molecule has 0 amide bonds.